The molecule has 0 spiro atoms. The summed E-state index contributed by atoms with van der Waals surface area (Å²) in [6.07, 6.45) is 0.0339. The molecule has 28 heavy (non-hydrogen) atoms. The van der Waals surface area contributed by atoms with Gasteiger partial charge >= 0.3 is 11.9 Å². The number of esters is 2. The number of hydrogen-bond donors (Lipinski definition) is 1. The molecule has 0 aromatic rings. The van der Waals surface area contributed by atoms with Gasteiger partial charge in [-0.3, -0.25) is 0 Å². The first-order valence-corrected chi connectivity index (χ1v) is 9.39. The van der Waals surface area contributed by atoms with Crippen LogP contribution in [0.3, 0.4) is 0 Å². The second-order valence-corrected chi connectivity index (χ2v) is 8.15. The van der Waals surface area contributed by atoms with Gasteiger partial charge in [0.25, 0.3) is 0 Å². The zero-order chi connectivity index (χ0) is 20.9. The van der Waals surface area contributed by atoms with E-state index in [-0.39, 0.29) is 24.8 Å². The summed E-state index contributed by atoms with van der Waals surface area (Å²) in [5, 5.41) is 11.0. The van der Waals surface area contributed by atoms with E-state index in [2.05, 4.69) is 13.2 Å². The number of carbonyl (C=O) groups excluding carboxylic acids is 2. The summed E-state index contributed by atoms with van der Waals surface area (Å²) in [6.45, 7) is 13.1. The monoisotopic (exact) mass is 392 g/mol. The Morgan fingerprint density at radius 1 is 1.39 bits per heavy atom. The molecule has 3 aliphatic rings. The van der Waals surface area contributed by atoms with Crippen molar-refractivity contribution in [2.75, 3.05) is 7.11 Å². The van der Waals surface area contributed by atoms with Crippen LogP contribution in [0.15, 0.2) is 36.0 Å². The standard InChI is InChI=1S/C21H28O7/c1-7-12(3)18(22)26-14-8-11(2)9-21(24)10-20(5,25-6)17(28-21)16-15(14)13(4)19(23)27-16/h7,14-17,24H,2,4,8-10H2,1,3,5-6H3. The van der Waals surface area contributed by atoms with Gasteiger partial charge in [0.2, 0.25) is 0 Å². The molecule has 0 aromatic carbocycles. The Labute approximate surface area is 165 Å². The van der Waals surface area contributed by atoms with Crippen molar-refractivity contribution in [3.05, 3.63) is 36.0 Å². The number of aliphatic hydroxyl groups is 1. The molecule has 0 radical (unpaired) electrons. The van der Waals surface area contributed by atoms with E-state index in [1.165, 1.54) is 7.11 Å². The highest BCUT2D eigenvalue weighted by atomic mass is 16.7. The fourth-order valence-electron chi connectivity index (χ4n) is 4.39. The molecule has 0 aliphatic carbocycles. The molecule has 0 saturated carbocycles. The van der Waals surface area contributed by atoms with Gasteiger partial charge in [-0.05, 0) is 20.8 Å². The first kappa shape index (κ1) is 20.8. The quantitative estimate of drug-likeness (QED) is 0.447. The molecule has 0 aromatic heterocycles. The number of carbonyl (C=O) groups is 2. The largest absolute Gasteiger partial charge is 0.458 e. The van der Waals surface area contributed by atoms with Gasteiger partial charge in [0.15, 0.2) is 5.79 Å². The lowest BCUT2D eigenvalue weighted by Crippen LogP contribution is -2.49. The summed E-state index contributed by atoms with van der Waals surface area (Å²) in [7, 11) is 1.52. The molecule has 1 N–H and O–H groups in total. The van der Waals surface area contributed by atoms with Crippen LogP contribution >= 0.6 is 0 Å². The smallest absolute Gasteiger partial charge is 0.334 e. The summed E-state index contributed by atoms with van der Waals surface area (Å²) in [6, 6.07) is 0. The molecule has 3 saturated heterocycles. The van der Waals surface area contributed by atoms with Gasteiger partial charge < -0.3 is 24.1 Å². The van der Waals surface area contributed by atoms with Crippen molar-refractivity contribution >= 4 is 11.9 Å². The van der Waals surface area contributed by atoms with Crippen LogP contribution < -0.4 is 0 Å². The fourth-order valence-corrected chi connectivity index (χ4v) is 4.39. The maximum atomic E-state index is 12.4. The van der Waals surface area contributed by atoms with Gasteiger partial charge in [-0.2, -0.15) is 0 Å². The topological polar surface area (TPSA) is 91.3 Å². The Morgan fingerprint density at radius 3 is 2.68 bits per heavy atom. The van der Waals surface area contributed by atoms with Gasteiger partial charge in [0, 0.05) is 37.5 Å². The van der Waals surface area contributed by atoms with Crippen molar-refractivity contribution in [2.45, 2.75) is 69.7 Å². The summed E-state index contributed by atoms with van der Waals surface area (Å²) in [5.74, 6) is -3.17. The van der Waals surface area contributed by atoms with Crippen molar-refractivity contribution in [3.8, 4) is 0 Å². The van der Waals surface area contributed by atoms with Crippen LogP contribution in [-0.2, 0) is 28.5 Å². The summed E-state index contributed by atoms with van der Waals surface area (Å²) < 4.78 is 23.0. The molecule has 7 nitrogen and oxygen atoms in total. The molecule has 3 rings (SSSR count). The van der Waals surface area contributed by atoms with Crippen LogP contribution in [0.4, 0.5) is 0 Å². The van der Waals surface area contributed by atoms with Crippen LogP contribution in [-0.4, -0.2) is 53.9 Å². The fraction of sp³-hybridized carbons (Fsp3) is 0.619. The molecule has 3 heterocycles. The van der Waals surface area contributed by atoms with Crippen LogP contribution in [0, 0.1) is 5.92 Å². The average Bonchev–Trinajstić information content (AvgIpc) is 3.07. The summed E-state index contributed by atoms with van der Waals surface area (Å²) in [5.41, 5.74) is 0.419. The van der Waals surface area contributed by atoms with Gasteiger partial charge in [0.05, 0.1) is 5.92 Å². The third kappa shape index (κ3) is 3.43. The van der Waals surface area contributed by atoms with Crippen LogP contribution in [0.5, 0.6) is 0 Å². The average molecular weight is 392 g/mol. The lowest BCUT2D eigenvalue weighted by Gasteiger charge is -2.35. The van der Waals surface area contributed by atoms with Crippen LogP contribution in [0.2, 0.25) is 0 Å². The van der Waals surface area contributed by atoms with Gasteiger partial charge in [0.1, 0.15) is 23.9 Å². The lowest BCUT2D eigenvalue weighted by atomic mass is 9.78. The lowest BCUT2D eigenvalue weighted by molar-refractivity contribution is -0.217. The third-order valence-corrected chi connectivity index (χ3v) is 6.03. The third-order valence-electron chi connectivity index (χ3n) is 6.03. The highest BCUT2D eigenvalue weighted by Crippen LogP contribution is 2.50. The predicted octanol–water partition coefficient (Wildman–Crippen LogP) is 2.19. The predicted molar refractivity (Wildman–Crippen MR) is 100 cm³/mol. The molecule has 6 unspecified atom stereocenters. The van der Waals surface area contributed by atoms with Crippen molar-refractivity contribution in [1.29, 1.82) is 0 Å². The summed E-state index contributed by atoms with van der Waals surface area (Å²) in [4.78, 5) is 24.8. The van der Waals surface area contributed by atoms with Crippen molar-refractivity contribution < 1.29 is 33.6 Å². The van der Waals surface area contributed by atoms with Crippen molar-refractivity contribution in [1.82, 2.24) is 0 Å². The van der Waals surface area contributed by atoms with Crippen LogP contribution in [0.1, 0.15) is 40.0 Å². The molecule has 7 heteroatoms. The minimum atomic E-state index is -1.49. The Kier molecular flexibility index (Phi) is 5.29. The highest BCUT2D eigenvalue weighted by Gasteiger charge is 2.62. The van der Waals surface area contributed by atoms with Crippen molar-refractivity contribution in [2.24, 2.45) is 5.92 Å². The molecule has 154 valence electrons. The maximum Gasteiger partial charge on any atom is 0.334 e. The van der Waals surface area contributed by atoms with E-state index in [9.17, 15) is 14.7 Å². The molecular formula is C21H28O7. The van der Waals surface area contributed by atoms with E-state index in [1.807, 2.05) is 0 Å². The highest BCUT2D eigenvalue weighted by molar-refractivity contribution is 5.91. The minimum absolute atomic E-state index is 0.166. The van der Waals surface area contributed by atoms with E-state index >= 15 is 0 Å². The Hall–Kier alpha value is -1.96. The molecule has 0 amide bonds. The number of allylic oxidation sites excluding steroid dienone is 1. The molecule has 3 aliphatic heterocycles. The van der Waals surface area contributed by atoms with Gasteiger partial charge in [-0.25, -0.2) is 9.59 Å². The SMILES string of the molecule is C=C1CC(OC(=O)C(C)=CC)C2C(=C)C(=O)OC2C2OC(O)(C1)CC2(C)OC. The minimum Gasteiger partial charge on any atom is -0.458 e. The van der Waals surface area contributed by atoms with E-state index in [0.717, 1.165) is 0 Å². The van der Waals surface area contributed by atoms with Gasteiger partial charge in [-0.1, -0.05) is 24.8 Å². The molecule has 6 atom stereocenters. The molecule has 2 bridgehead atoms. The number of fused-ring (bicyclic) bond motifs is 4. The Balaban J connectivity index is 2.04. The first-order chi connectivity index (χ1) is 13.0. The zero-order valence-corrected chi connectivity index (χ0v) is 16.8. The first-order valence-electron chi connectivity index (χ1n) is 9.39. The van der Waals surface area contributed by atoms with E-state index in [4.69, 9.17) is 18.9 Å². The number of ether oxygens (including phenoxy) is 4. The Bertz CT molecular complexity index is 754. The van der Waals surface area contributed by atoms with Gasteiger partial charge in [-0.15, -0.1) is 0 Å². The number of hydrogen-bond acceptors (Lipinski definition) is 7. The van der Waals surface area contributed by atoms with E-state index < -0.39 is 47.6 Å². The van der Waals surface area contributed by atoms with Crippen molar-refractivity contribution in [3.63, 3.8) is 0 Å². The second kappa shape index (κ2) is 7.13. The van der Waals surface area contributed by atoms with E-state index in [1.54, 1.807) is 26.8 Å². The maximum absolute atomic E-state index is 12.4. The molecule has 3 fully saturated rings. The summed E-state index contributed by atoms with van der Waals surface area (Å²) >= 11 is 0. The number of methoxy groups -OCH3 is 1. The number of rotatable bonds is 3. The van der Waals surface area contributed by atoms with E-state index in [0.29, 0.717) is 11.1 Å². The second-order valence-electron chi connectivity index (χ2n) is 8.15. The molecular weight excluding hydrogens is 364 g/mol. The normalized spacial score (nSPS) is 41.0. The Morgan fingerprint density at radius 2 is 2.07 bits per heavy atom. The zero-order valence-electron chi connectivity index (χ0n) is 16.8. The van der Waals surface area contributed by atoms with Crippen LogP contribution in [0.25, 0.3) is 0 Å².